The van der Waals surface area contributed by atoms with Gasteiger partial charge >= 0.3 is 11.9 Å². The molecule has 6 heteroatoms. The van der Waals surface area contributed by atoms with Crippen LogP contribution in [0.25, 0.3) is 12.2 Å². The largest absolute Gasteiger partial charge is 0.481 e. The lowest BCUT2D eigenvalue weighted by molar-refractivity contribution is -0.147. The molecule has 2 heterocycles. The zero-order valence-corrected chi connectivity index (χ0v) is 23.1. The van der Waals surface area contributed by atoms with Gasteiger partial charge in [0.25, 0.3) is 0 Å². The maximum Gasteiger partial charge on any atom is 0.309 e. The number of aryl methyl sites for hydroxylation is 2. The summed E-state index contributed by atoms with van der Waals surface area (Å²) in [5.74, 6) is -1.68. The standard InChI is InChI=1S/C25H34O4S2.C3H8/c1-18(23(26)27)8-4-5-9-19-11-13-21(30-19)15-16-22-14-12-20(31-22)10-6-7-17-25(2,3)24(28)29;1-3-2/h11-16,18H,4-10,17H2,1-3H3,(H,26,27)(H,28,29);3H2,1-2H3/b16-15-;. The molecule has 0 saturated heterocycles. The van der Waals surface area contributed by atoms with Crippen LogP contribution in [0.1, 0.15) is 99.1 Å². The van der Waals surface area contributed by atoms with Gasteiger partial charge in [0.2, 0.25) is 0 Å². The molecule has 0 radical (unpaired) electrons. The minimum atomic E-state index is -0.722. The van der Waals surface area contributed by atoms with Gasteiger partial charge in [0.05, 0.1) is 11.3 Å². The number of unbranched alkanes of at least 4 members (excludes halogenated alkanes) is 2. The molecule has 0 spiro atoms. The SMILES string of the molecule is CC(CCCCc1ccc(/C=C\c2ccc(CCCCC(C)(C)C(=O)O)s2)s1)C(=O)O.CCC. The maximum atomic E-state index is 11.2. The molecule has 0 amide bonds. The molecule has 0 aromatic carbocycles. The van der Waals surface area contributed by atoms with Crippen molar-refractivity contribution < 1.29 is 19.8 Å². The average molecular weight is 507 g/mol. The first-order chi connectivity index (χ1) is 16.1. The molecule has 0 aliphatic heterocycles. The second-order valence-electron chi connectivity index (χ2n) is 9.53. The van der Waals surface area contributed by atoms with E-state index in [-0.39, 0.29) is 5.92 Å². The van der Waals surface area contributed by atoms with Crippen LogP contribution in [0.4, 0.5) is 0 Å². The first kappa shape index (κ1) is 30.1. The molecule has 34 heavy (non-hydrogen) atoms. The van der Waals surface area contributed by atoms with E-state index < -0.39 is 17.4 Å². The van der Waals surface area contributed by atoms with E-state index in [2.05, 4.69) is 50.3 Å². The molecule has 0 aliphatic carbocycles. The Bertz CT molecular complexity index is 892. The molecule has 0 aliphatic rings. The van der Waals surface area contributed by atoms with Crippen LogP contribution >= 0.6 is 22.7 Å². The number of aliphatic carboxylic acids is 2. The van der Waals surface area contributed by atoms with Crippen molar-refractivity contribution in [2.45, 2.75) is 92.4 Å². The van der Waals surface area contributed by atoms with E-state index in [1.54, 1.807) is 43.4 Å². The first-order valence-electron chi connectivity index (χ1n) is 12.4. The summed E-state index contributed by atoms with van der Waals surface area (Å²) in [6, 6.07) is 8.64. The quantitative estimate of drug-likeness (QED) is 0.251. The summed E-state index contributed by atoms with van der Waals surface area (Å²) in [6.45, 7) is 9.60. The Morgan fingerprint density at radius 2 is 1.35 bits per heavy atom. The third-order valence-corrected chi connectivity index (χ3v) is 7.78. The zero-order chi connectivity index (χ0) is 25.6. The zero-order valence-electron chi connectivity index (χ0n) is 21.4. The highest BCUT2D eigenvalue weighted by molar-refractivity contribution is 7.13. The molecule has 2 aromatic rings. The average Bonchev–Trinajstić information content (AvgIpc) is 3.42. The third-order valence-electron chi connectivity index (χ3n) is 5.56. The summed E-state index contributed by atoms with van der Waals surface area (Å²) in [7, 11) is 0. The molecule has 2 N–H and O–H groups in total. The number of hydrogen-bond acceptors (Lipinski definition) is 4. The highest BCUT2D eigenvalue weighted by Gasteiger charge is 2.25. The van der Waals surface area contributed by atoms with Crippen LogP contribution < -0.4 is 0 Å². The number of carbonyl (C=O) groups is 2. The minimum Gasteiger partial charge on any atom is -0.481 e. The van der Waals surface area contributed by atoms with E-state index in [4.69, 9.17) is 5.11 Å². The predicted octanol–water partition coefficient (Wildman–Crippen LogP) is 8.65. The van der Waals surface area contributed by atoms with Crippen LogP contribution in [0.5, 0.6) is 0 Å². The van der Waals surface area contributed by atoms with Gasteiger partial charge in [-0.25, -0.2) is 0 Å². The van der Waals surface area contributed by atoms with Crippen molar-refractivity contribution in [2.75, 3.05) is 0 Å². The van der Waals surface area contributed by atoms with Gasteiger partial charge < -0.3 is 10.2 Å². The molecule has 4 nitrogen and oxygen atoms in total. The Morgan fingerprint density at radius 3 is 1.79 bits per heavy atom. The van der Waals surface area contributed by atoms with Crippen molar-refractivity contribution in [3.05, 3.63) is 43.8 Å². The summed E-state index contributed by atoms with van der Waals surface area (Å²) in [4.78, 5) is 27.2. The molecular weight excluding hydrogens is 464 g/mol. The van der Waals surface area contributed by atoms with E-state index in [0.717, 1.165) is 44.9 Å². The van der Waals surface area contributed by atoms with E-state index in [9.17, 15) is 14.7 Å². The van der Waals surface area contributed by atoms with Gasteiger partial charge in [0.1, 0.15) is 0 Å². The van der Waals surface area contributed by atoms with Gasteiger partial charge in [0.15, 0.2) is 0 Å². The molecule has 2 rings (SSSR count). The highest BCUT2D eigenvalue weighted by Crippen LogP contribution is 2.27. The highest BCUT2D eigenvalue weighted by atomic mass is 32.1. The summed E-state index contributed by atoms with van der Waals surface area (Å²) < 4.78 is 0. The Morgan fingerprint density at radius 1 is 0.882 bits per heavy atom. The van der Waals surface area contributed by atoms with Crippen LogP contribution in [-0.2, 0) is 22.4 Å². The first-order valence-corrected chi connectivity index (χ1v) is 14.0. The summed E-state index contributed by atoms with van der Waals surface area (Å²) in [5, 5.41) is 18.1. The summed E-state index contributed by atoms with van der Waals surface area (Å²) in [6.07, 6.45) is 12.9. The fourth-order valence-electron chi connectivity index (χ4n) is 3.25. The van der Waals surface area contributed by atoms with E-state index in [1.165, 1.54) is 25.9 Å². The molecule has 0 fully saturated rings. The lowest BCUT2D eigenvalue weighted by Gasteiger charge is -2.18. The van der Waals surface area contributed by atoms with Crippen LogP contribution in [-0.4, -0.2) is 22.2 Å². The maximum absolute atomic E-state index is 11.2. The molecule has 1 atom stereocenters. The van der Waals surface area contributed by atoms with Crippen molar-refractivity contribution in [1.82, 2.24) is 0 Å². The molecule has 1 unspecified atom stereocenters. The number of carboxylic acids is 2. The van der Waals surface area contributed by atoms with Crippen molar-refractivity contribution >= 4 is 46.8 Å². The molecule has 2 aromatic heterocycles. The second-order valence-corrected chi connectivity index (χ2v) is 11.9. The van der Waals surface area contributed by atoms with Crippen LogP contribution in [0.3, 0.4) is 0 Å². The third kappa shape index (κ3) is 12.0. The van der Waals surface area contributed by atoms with Gasteiger partial charge in [-0.15, -0.1) is 22.7 Å². The van der Waals surface area contributed by atoms with E-state index in [1.807, 2.05) is 0 Å². The Labute approximate surface area is 213 Å². The Balaban J connectivity index is 0.00000182. The Kier molecular flexibility index (Phi) is 14.1. The van der Waals surface area contributed by atoms with Crippen molar-refractivity contribution in [3.63, 3.8) is 0 Å². The van der Waals surface area contributed by atoms with Crippen molar-refractivity contribution in [2.24, 2.45) is 11.3 Å². The van der Waals surface area contributed by atoms with Crippen LogP contribution in [0, 0.1) is 11.3 Å². The fraction of sp³-hybridized carbons (Fsp3) is 0.571. The lowest BCUT2D eigenvalue weighted by Crippen LogP contribution is -2.23. The van der Waals surface area contributed by atoms with E-state index >= 15 is 0 Å². The smallest absolute Gasteiger partial charge is 0.309 e. The lowest BCUT2D eigenvalue weighted by atomic mass is 9.87. The van der Waals surface area contributed by atoms with Gasteiger partial charge in [0, 0.05) is 19.5 Å². The van der Waals surface area contributed by atoms with Gasteiger partial charge in [-0.2, -0.15) is 0 Å². The van der Waals surface area contributed by atoms with Crippen LogP contribution in [0.2, 0.25) is 0 Å². The van der Waals surface area contributed by atoms with Crippen molar-refractivity contribution in [1.29, 1.82) is 0 Å². The summed E-state index contributed by atoms with van der Waals surface area (Å²) >= 11 is 3.60. The topological polar surface area (TPSA) is 74.6 Å². The molecule has 0 saturated carbocycles. The van der Waals surface area contributed by atoms with E-state index in [0.29, 0.717) is 6.42 Å². The molecule has 190 valence electrons. The number of hydrogen-bond donors (Lipinski definition) is 2. The Hall–Kier alpha value is -1.92. The number of rotatable bonds is 14. The predicted molar refractivity (Wildman–Crippen MR) is 147 cm³/mol. The van der Waals surface area contributed by atoms with Crippen LogP contribution in [0.15, 0.2) is 24.3 Å². The molecule has 0 bridgehead atoms. The fourth-order valence-corrected chi connectivity index (χ4v) is 5.16. The monoisotopic (exact) mass is 506 g/mol. The normalized spacial score (nSPS) is 12.4. The van der Waals surface area contributed by atoms with Gasteiger partial charge in [-0.3, -0.25) is 9.59 Å². The van der Waals surface area contributed by atoms with Gasteiger partial charge in [-0.05, 0) is 88.8 Å². The minimum absolute atomic E-state index is 0.255. The number of thiophene rings is 2. The number of carboxylic acid groups (broad SMARTS) is 2. The van der Waals surface area contributed by atoms with Crippen molar-refractivity contribution in [3.8, 4) is 0 Å². The molecular formula is C28H42O4S2. The summed E-state index contributed by atoms with van der Waals surface area (Å²) in [5.41, 5.74) is -0.639. The van der Waals surface area contributed by atoms with Gasteiger partial charge in [-0.1, -0.05) is 40.0 Å². The second kappa shape index (κ2) is 15.9.